The predicted octanol–water partition coefficient (Wildman–Crippen LogP) is 4.33. The average molecular weight is 339 g/mol. The number of nitrogens with zero attached hydrogens (tertiary/aromatic N) is 2. The SMILES string of the molecule is CN=C(/C(=N\Nc1ccc(F)cc1)C(=O)C(C)(C)C)c1ccccc1. The summed E-state index contributed by atoms with van der Waals surface area (Å²) < 4.78 is 13.0. The number of hydrogen-bond donors (Lipinski definition) is 1. The number of aliphatic imine (C=N–C) groups is 1. The molecule has 2 aromatic rings. The third-order valence-electron chi connectivity index (χ3n) is 3.53. The van der Waals surface area contributed by atoms with Gasteiger partial charge in [-0.2, -0.15) is 5.10 Å². The Morgan fingerprint density at radius 3 is 2.12 bits per heavy atom. The summed E-state index contributed by atoms with van der Waals surface area (Å²) in [6, 6.07) is 15.2. The van der Waals surface area contributed by atoms with Crippen LogP contribution in [0.3, 0.4) is 0 Å². The minimum Gasteiger partial charge on any atom is -0.292 e. The Hall–Kier alpha value is -2.82. The summed E-state index contributed by atoms with van der Waals surface area (Å²) in [5.74, 6) is -0.466. The Morgan fingerprint density at radius 1 is 1.00 bits per heavy atom. The lowest BCUT2D eigenvalue weighted by molar-refractivity contribution is -0.119. The van der Waals surface area contributed by atoms with Crippen LogP contribution in [0.4, 0.5) is 10.1 Å². The quantitative estimate of drug-likeness (QED) is 0.651. The highest BCUT2D eigenvalue weighted by atomic mass is 19.1. The largest absolute Gasteiger partial charge is 0.292 e. The number of rotatable bonds is 5. The van der Waals surface area contributed by atoms with Gasteiger partial charge in [0.05, 0.1) is 11.4 Å². The second kappa shape index (κ2) is 7.83. The van der Waals surface area contributed by atoms with Crippen LogP contribution in [-0.2, 0) is 4.79 Å². The lowest BCUT2D eigenvalue weighted by Gasteiger charge is -2.19. The number of Topliss-reactive ketones (excluding diaryl/α,β-unsaturated/α-hetero) is 1. The van der Waals surface area contributed by atoms with Gasteiger partial charge in [0.15, 0.2) is 11.5 Å². The zero-order chi connectivity index (χ0) is 18.4. The van der Waals surface area contributed by atoms with Crippen LogP contribution >= 0.6 is 0 Å². The van der Waals surface area contributed by atoms with Gasteiger partial charge in [0.25, 0.3) is 0 Å². The highest BCUT2D eigenvalue weighted by Crippen LogP contribution is 2.18. The molecule has 0 amide bonds. The monoisotopic (exact) mass is 339 g/mol. The third kappa shape index (κ3) is 4.83. The maximum Gasteiger partial charge on any atom is 0.190 e. The van der Waals surface area contributed by atoms with Crippen molar-refractivity contribution in [3.63, 3.8) is 0 Å². The highest BCUT2D eigenvalue weighted by Gasteiger charge is 2.30. The van der Waals surface area contributed by atoms with E-state index < -0.39 is 5.41 Å². The van der Waals surface area contributed by atoms with E-state index in [9.17, 15) is 9.18 Å². The fraction of sp³-hybridized carbons (Fsp3) is 0.250. The number of halogens is 1. The molecule has 1 N–H and O–H groups in total. The summed E-state index contributed by atoms with van der Waals surface area (Å²) in [6.07, 6.45) is 0. The predicted molar refractivity (Wildman–Crippen MR) is 101 cm³/mol. The number of anilines is 1. The van der Waals surface area contributed by atoms with Crippen LogP contribution in [0.25, 0.3) is 0 Å². The standard InChI is InChI=1S/C20H22FN3O/c1-20(2,3)19(25)18(17(22-4)14-8-6-5-7-9-14)24-23-16-12-10-15(21)11-13-16/h5-13,23H,1-4H3/b22-17?,24-18+. The molecular formula is C20H22FN3O. The molecule has 25 heavy (non-hydrogen) atoms. The summed E-state index contributed by atoms with van der Waals surface area (Å²) in [5, 5.41) is 4.30. The van der Waals surface area contributed by atoms with Gasteiger partial charge in [0, 0.05) is 18.0 Å². The van der Waals surface area contributed by atoms with Crippen molar-refractivity contribution in [2.24, 2.45) is 15.5 Å². The molecule has 0 aliphatic rings. The fourth-order valence-electron chi connectivity index (χ4n) is 2.18. The number of carbonyl (C=O) groups excluding carboxylic acids is 1. The number of ketones is 1. The summed E-state index contributed by atoms with van der Waals surface area (Å²) in [5.41, 5.74) is 4.36. The van der Waals surface area contributed by atoms with Crippen molar-refractivity contribution in [1.82, 2.24) is 0 Å². The van der Waals surface area contributed by atoms with E-state index in [0.717, 1.165) is 5.56 Å². The molecule has 2 aromatic carbocycles. The van der Waals surface area contributed by atoms with E-state index in [1.165, 1.54) is 12.1 Å². The maximum atomic E-state index is 13.0. The van der Waals surface area contributed by atoms with E-state index in [2.05, 4.69) is 15.5 Å². The van der Waals surface area contributed by atoms with Crippen LogP contribution in [0.1, 0.15) is 26.3 Å². The van der Waals surface area contributed by atoms with Crippen LogP contribution in [0.2, 0.25) is 0 Å². The van der Waals surface area contributed by atoms with Crippen LogP contribution < -0.4 is 5.43 Å². The average Bonchev–Trinajstić information content (AvgIpc) is 2.59. The van der Waals surface area contributed by atoms with E-state index in [0.29, 0.717) is 11.4 Å². The van der Waals surface area contributed by atoms with Crippen molar-refractivity contribution in [3.8, 4) is 0 Å². The van der Waals surface area contributed by atoms with Crippen molar-refractivity contribution in [1.29, 1.82) is 0 Å². The summed E-state index contributed by atoms with van der Waals surface area (Å²) >= 11 is 0. The molecule has 0 bridgehead atoms. The Morgan fingerprint density at radius 2 is 1.60 bits per heavy atom. The molecule has 5 heteroatoms. The van der Waals surface area contributed by atoms with E-state index in [1.54, 1.807) is 19.2 Å². The topological polar surface area (TPSA) is 53.8 Å². The first kappa shape index (κ1) is 18.5. The normalized spacial score (nSPS) is 12.8. The van der Waals surface area contributed by atoms with Gasteiger partial charge in [0.2, 0.25) is 0 Å². The highest BCUT2D eigenvalue weighted by molar-refractivity contribution is 6.71. The van der Waals surface area contributed by atoms with Crippen LogP contribution in [0, 0.1) is 11.2 Å². The van der Waals surface area contributed by atoms with Crippen molar-refractivity contribution >= 4 is 22.9 Å². The molecule has 0 aliphatic carbocycles. The molecular weight excluding hydrogens is 317 g/mol. The smallest absolute Gasteiger partial charge is 0.190 e. The number of nitrogens with one attached hydrogen (secondary N) is 1. The maximum absolute atomic E-state index is 13.0. The summed E-state index contributed by atoms with van der Waals surface area (Å²) in [4.78, 5) is 17.2. The molecule has 0 spiro atoms. The molecule has 0 atom stereocenters. The summed E-state index contributed by atoms with van der Waals surface area (Å²) in [7, 11) is 1.63. The van der Waals surface area contributed by atoms with E-state index in [4.69, 9.17) is 0 Å². The Labute approximate surface area is 147 Å². The van der Waals surface area contributed by atoms with Crippen molar-refractivity contribution in [2.45, 2.75) is 20.8 Å². The fourth-order valence-corrected chi connectivity index (χ4v) is 2.18. The number of benzene rings is 2. The minimum atomic E-state index is -0.617. The van der Waals surface area contributed by atoms with E-state index >= 15 is 0 Å². The Kier molecular flexibility index (Phi) is 5.80. The van der Waals surface area contributed by atoms with E-state index in [1.807, 2.05) is 51.1 Å². The number of hydrazone groups is 1. The van der Waals surface area contributed by atoms with Crippen LogP contribution in [0.15, 0.2) is 64.7 Å². The first-order chi connectivity index (χ1) is 11.8. The van der Waals surface area contributed by atoms with E-state index in [-0.39, 0.29) is 17.3 Å². The molecule has 0 fully saturated rings. The first-order valence-corrected chi connectivity index (χ1v) is 7.99. The zero-order valence-electron chi connectivity index (χ0n) is 14.9. The van der Waals surface area contributed by atoms with Gasteiger partial charge in [-0.1, -0.05) is 51.1 Å². The molecule has 0 saturated carbocycles. The molecule has 130 valence electrons. The Balaban J connectivity index is 2.44. The molecule has 0 saturated heterocycles. The second-order valence-electron chi connectivity index (χ2n) is 6.60. The van der Waals surface area contributed by atoms with Crippen molar-refractivity contribution in [3.05, 3.63) is 66.0 Å². The molecule has 4 nitrogen and oxygen atoms in total. The third-order valence-corrected chi connectivity index (χ3v) is 3.53. The lowest BCUT2D eigenvalue weighted by atomic mass is 9.85. The van der Waals surface area contributed by atoms with Gasteiger partial charge in [-0.05, 0) is 24.3 Å². The minimum absolute atomic E-state index is 0.133. The zero-order valence-corrected chi connectivity index (χ0v) is 14.9. The molecule has 2 rings (SSSR count). The van der Waals surface area contributed by atoms with Gasteiger partial charge in [0.1, 0.15) is 5.82 Å². The number of carbonyl (C=O) groups is 1. The number of hydrogen-bond acceptors (Lipinski definition) is 4. The van der Waals surface area contributed by atoms with Gasteiger partial charge < -0.3 is 0 Å². The molecule has 0 radical (unpaired) electrons. The first-order valence-electron chi connectivity index (χ1n) is 7.99. The Bertz CT molecular complexity index is 788. The van der Waals surface area contributed by atoms with Crippen LogP contribution in [-0.4, -0.2) is 24.3 Å². The summed E-state index contributed by atoms with van der Waals surface area (Å²) in [6.45, 7) is 5.50. The van der Waals surface area contributed by atoms with Gasteiger partial charge in [-0.15, -0.1) is 0 Å². The molecule has 0 heterocycles. The van der Waals surface area contributed by atoms with Crippen molar-refractivity contribution in [2.75, 3.05) is 12.5 Å². The lowest BCUT2D eigenvalue weighted by Crippen LogP contribution is -2.35. The van der Waals surface area contributed by atoms with Crippen LogP contribution in [0.5, 0.6) is 0 Å². The van der Waals surface area contributed by atoms with Gasteiger partial charge in [-0.3, -0.25) is 15.2 Å². The second-order valence-corrected chi connectivity index (χ2v) is 6.60. The van der Waals surface area contributed by atoms with Gasteiger partial charge >= 0.3 is 0 Å². The molecule has 0 aromatic heterocycles. The van der Waals surface area contributed by atoms with Gasteiger partial charge in [-0.25, -0.2) is 4.39 Å². The molecule has 0 unspecified atom stereocenters. The molecule has 0 aliphatic heterocycles. The van der Waals surface area contributed by atoms with Crippen molar-refractivity contribution < 1.29 is 9.18 Å².